The lowest BCUT2D eigenvalue weighted by molar-refractivity contribution is -0.137. The zero-order valence-electron chi connectivity index (χ0n) is 11.2. The van der Waals surface area contributed by atoms with Gasteiger partial charge in [-0.3, -0.25) is 0 Å². The number of aliphatic hydroxyl groups excluding tert-OH is 1. The summed E-state index contributed by atoms with van der Waals surface area (Å²) in [5, 5.41) is 13.0. The molecule has 0 bridgehead atoms. The number of benzene rings is 1. The van der Waals surface area contributed by atoms with E-state index in [0.29, 0.717) is 31.9 Å². The second-order valence-electron chi connectivity index (χ2n) is 5.57. The molecule has 1 atom stereocenters. The van der Waals surface area contributed by atoms with Crippen LogP contribution < -0.4 is 5.32 Å². The van der Waals surface area contributed by atoms with Gasteiger partial charge in [0, 0.05) is 18.5 Å². The molecule has 1 aliphatic rings. The van der Waals surface area contributed by atoms with Gasteiger partial charge in [0.05, 0.1) is 24.9 Å². The fourth-order valence-electron chi connectivity index (χ4n) is 2.08. The molecule has 6 heteroatoms. The van der Waals surface area contributed by atoms with Gasteiger partial charge in [0.1, 0.15) is 0 Å². The minimum Gasteiger partial charge on any atom is -0.387 e. The first-order valence-electron chi connectivity index (χ1n) is 6.44. The Kier molecular flexibility index (Phi) is 4.36. The molecule has 1 unspecified atom stereocenters. The van der Waals surface area contributed by atoms with Crippen LogP contribution in [0.4, 0.5) is 13.2 Å². The predicted octanol–water partition coefficient (Wildman–Crippen LogP) is 2.36. The number of nitrogens with one attached hydrogen (secondary N) is 1. The highest BCUT2D eigenvalue weighted by atomic mass is 19.4. The van der Waals surface area contributed by atoms with Crippen molar-refractivity contribution in [3.05, 3.63) is 35.4 Å². The quantitative estimate of drug-likeness (QED) is 0.874. The standard InChI is InChI=1S/C14H18F3NO2/c1-13(8-20-9-13)7-18-6-12(19)10-2-4-11(5-3-10)14(15,16)17/h2-5,12,18-19H,6-9H2,1H3. The zero-order valence-corrected chi connectivity index (χ0v) is 11.2. The molecule has 1 aromatic carbocycles. The number of hydrogen-bond donors (Lipinski definition) is 2. The molecule has 2 rings (SSSR count). The molecule has 0 aromatic heterocycles. The Hall–Kier alpha value is -1.11. The van der Waals surface area contributed by atoms with Crippen LogP contribution in [0.2, 0.25) is 0 Å². The third-order valence-electron chi connectivity index (χ3n) is 3.41. The van der Waals surface area contributed by atoms with Gasteiger partial charge in [-0.15, -0.1) is 0 Å². The van der Waals surface area contributed by atoms with Crippen LogP contribution in [-0.2, 0) is 10.9 Å². The van der Waals surface area contributed by atoms with E-state index >= 15 is 0 Å². The third-order valence-corrected chi connectivity index (χ3v) is 3.41. The van der Waals surface area contributed by atoms with Crippen molar-refractivity contribution >= 4 is 0 Å². The topological polar surface area (TPSA) is 41.5 Å². The summed E-state index contributed by atoms with van der Waals surface area (Å²) >= 11 is 0. The predicted molar refractivity (Wildman–Crippen MR) is 68.2 cm³/mol. The van der Waals surface area contributed by atoms with Crippen LogP contribution in [0.3, 0.4) is 0 Å². The van der Waals surface area contributed by atoms with E-state index < -0.39 is 17.8 Å². The highest BCUT2D eigenvalue weighted by Crippen LogP contribution is 2.30. The maximum Gasteiger partial charge on any atom is 0.416 e. The molecular formula is C14H18F3NO2. The molecule has 1 saturated heterocycles. The summed E-state index contributed by atoms with van der Waals surface area (Å²) < 4.78 is 42.4. The van der Waals surface area contributed by atoms with Crippen molar-refractivity contribution in [1.29, 1.82) is 0 Å². The van der Waals surface area contributed by atoms with Gasteiger partial charge < -0.3 is 15.2 Å². The number of aliphatic hydroxyl groups is 1. The minimum atomic E-state index is -4.35. The lowest BCUT2D eigenvalue weighted by atomic mass is 9.88. The molecule has 3 nitrogen and oxygen atoms in total. The highest BCUT2D eigenvalue weighted by molar-refractivity contribution is 5.26. The molecular weight excluding hydrogens is 271 g/mol. The van der Waals surface area contributed by atoms with Crippen molar-refractivity contribution < 1.29 is 23.0 Å². The van der Waals surface area contributed by atoms with E-state index in [0.717, 1.165) is 12.1 Å². The second-order valence-corrected chi connectivity index (χ2v) is 5.57. The highest BCUT2D eigenvalue weighted by Gasteiger charge is 2.33. The molecule has 0 saturated carbocycles. The van der Waals surface area contributed by atoms with Crippen LogP contribution in [0.5, 0.6) is 0 Å². The smallest absolute Gasteiger partial charge is 0.387 e. The van der Waals surface area contributed by atoms with E-state index in [1.54, 1.807) is 0 Å². The third kappa shape index (κ3) is 3.71. The van der Waals surface area contributed by atoms with Gasteiger partial charge in [-0.05, 0) is 17.7 Å². The molecule has 1 aliphatic heterocycles. The number of alkyl halides is 3. The summed E-state index contributed by atoms with van der Waals surface area (Å²) in [7, 11) is 0. The Balaban J connectivity index is 1.84. The van der Waals surface area contributed by atoms with E-state index in [9.17, 15) is 18.3 Å². The van der Waals surface area contributed by atoms with Gasteiger partial charge in [0.15, 0.2) is 0 Å². The molecule has 112 valence electrons. The molecule has 1 aromatic rings. The largest absolute Gasteiger partial charge is 0.416 e. The van der Waals surface area contributed by atoms with Crippen LogP contribution in [0, 0.1) is 5.41 Å². The van der Waals surface area contributed by atoms with Crippen LogP contribution >= 0.6 is 0 Å². The Morgan fingerprint density at radius 2 is 1.90 bits per heavy atom. The summed E-state index contributed by atoms with van der Waals surface area (Å²) in [5.41, 5.74) is -0.138. The minimum absolute atomic E-state index is 0.0971. The lowest BCUT2D eigenvalue weighted by Gasteiger charge is -2.38. The molecule has 0 radical (unpaired) electrons. The summed E-state index contributed by atoms with van der Waals surface area (Å²) in [6.07, 6.45) is -5.16. The zero-order chi connectivity index (χ0) is 14.8. The summed E-state index contributed by atoms with van der Waals surface area (Å²) in [5.74, 6) is 0. The molecule has 1 fully saturated rings. The van der Waals surface area contributed by atoms with E-state index in [1.807, 2.05) is 0 Å². The van der Waals surface area contributed by atoms with Gasteiger partial charge in [-0.2, -0.15) is 13.2 Å². The SMILES string of the molecule is CC1(CNCC(O)c2ccc(C(F)(F)F)cc2)COC1. The summed E-state index contributed by atoms with van der Waals surface area (Å²) in [6.45, 7) is 4.48. The molecule has 20 heavy (non-hydrogen) atoms. The van der Waals surface area contributed by atoms with E-state index in [4.69, 9.17) is 4.74 Å². The maximum atomic E-state index is 12.4. The van der Waals surface area contributed by atoms with Gasteiger partial charge in [0.2, 0.25) is 0 Å². The van der Waals surface area contributed by atoms with E-state index in [-0.39, 0.29) is 5.41 Å². The van der Waals surface area contributed by atoms with Crippen molar-refractivity contribution in [2.45, 2.75) is 19.2 Å². The number of rotatable bonds is 5. The van der Waals surface area contributed by atoms with Crippen molar-refractivity contribution in [2.75, 3.05) is 26.3 Å². The van der Waals surface area contributed by atoms with Crippen LogP contribution in [-0.4, -0.2) is 31.4 Å². The Bertz CT molecular complexity index is 441. The fourth-order valence-corrected chi connectivity index (χ4v) is 2.08. The Labute approximate surface area is 115 Å². The first-order valence-corrected chi connectivity index (χ1v) is 6.44. The monoisotopic (exact) mass is 289 g/mol. The van der Waals surface area contributed by atoms with Gasteiger partial charge in [-0.1, -0.05) is 19.1 Å². The average molecular weight is 289 g/mol. The molecule has 1 heterocycles. The van der Waals surface area contributed by atoms with Crippen LogP contribution in [0.1, 0.15) is 24.2 Å². The lowest BCUT2D eigenvalue weighted by Crippen LogP contribution is -2.47. The second kappa shape index (κ2) is 5.71. The van der Waals surface area contributed by atoms with Crippen molar-refractivity contribution in [2.24, 2.45) is 5.41 Å². The number of ether oxygens (including phenoxy) is 1. The average Bonchev–Trinajstić information content (AvgIpc) is 2.36. The van der Waals surface area contributed by atoms with Crippen LogP contribution in [0.15, 0.2) is 24.3 Å². The van der Waals surface area contributed by atoms with Gasteiger partial charge >= 0.3 is 6.18 Å². The normalized spacial score (nSPS) is 19.4. The number of hydrogen-bond acceptors (Lipinski definition) is 3. The van der Waals surface area contributed by atoms with E-state index in [1.165, 1.54) is 12.1 Å². The van der Waals surface area contributed by atoms with E-state index in [2.05, 4.69) is 12.2 Å². The molecule has 2 N–H and O–H groups in total. The van der Waals surface area contributed by atoms with Crippen molar-refractivity contribution in [1.82, 2.24) is 5.32 Å². The Morgan fingerprint density at radius 3 is 2.35 bits per heavy atom. The first-order chi connectivity index (χ1) is 9.30. The molecule has 0 spiro atoms. The Morgan fingerprint density at radius 1 is 1.30 bits per heavy atom. The summed E-state index contributed by atoms with van der Waals surface area (Å²) in [4.78, 5) is 0. The van der Waals surface area contributed by atoms with Gasteiger partial charge in [-0.25, -0.2) is 0 Å². The van der Waals surface area contributed by atoms with Crippen molar-refractivity contribution in [3.8, 4) is 0 Å². The first kappa shape index (κ1) is 15.3. The van der Waals surface area contributed by atoms with Crippen molar-refractivity contribution in [3.63, 3.8) is 0 Å². The van der Waals surface area contributed by atoms with Gasteiger partial charge in [0.25, 0.3) is 0 Å². The molecule has 0 amide bonds. The fraction of sp³-hybridized carbons (Fsp3) is 0.571. The van der Waals surface area contributed by atoms with Crippen LogP contribution in [0.25, 0.3) is 0 Å². The molecule has 0 aliphatic carbocycles. The number of halogens is 3. The summed E-state index contributed by atoms with van der Waals surface area (Å²) in [6, 6.07) is 4.59. The maximum absolute atomic E-state index is 12.4.